The predicted octanol–water partition coefficient (Wildman–Crippen LogP) is 23.3. The van der Waals surface area contributed by atoms with Gasteiger partial charge in [0.1, 0.15) is 34.6 Å². The van der Waals surface area contributed by atoms with Crippen LogP contribution in [0.25, 0.3) is 51.1 Å². The number of anilines is 3. The number of hydrogen-bond donors (Lipinski definition) is 0. The van der Waals surface area contributed by atoms with Gasteiger partial charge in [-0.25, -0.2) is 35.1 Å². The zero-order chi connectivity index (χ0) is 65.3. The molecule has 3 nitrogen and oxygen atoms in total. The summed E-state index contributed by atoms with van der Waals surface area (Å²) in [5, 5.41) is 0. The molecule has 12 aromatic carbocycles. The van der Waals surface area contributed by atoms with E-state index in [1.165, 1.54) is 0 Å². The summed E-state index contributed by atoms with van der Waals surface area (Å²) >= 11 is 0. The lowest BCUT2D eigenvalue weighted by atomic mass is 9.65. The fourth-order valence-electron chi connectivity index (χ4n) is 14.3. The van der Waals surface area contributed by atoms with Gasteiger partial charge in [-0.15, -0.1) is 0 Å². The smallest absolute Gasteiger partial charge is 0.194 e. The lowest BCUT2D eigenvalue weighted by Gasteiger charge is -2.37. The zero-order valence-electron chi connectivity index (χ0n) is 50.6. The van der Waals surface area contributed by atoms with Gasteiger partial charge >= 0.3 is 0 Å². The van der Waals surface area contributed by atoms with E-state index in [-0.39, 0.29) is 11.1 Å². The van der Waals surface area contributed by atoms with Crippen LogP contribution in [0.3, 0.4) is 0 Å². The average molecular weight is 1260 g/mol. The van der Waals surface area contributed by atoms with Crippen LogP contribution in [-0.2, 0) is 10.8 Å². The van der Waals surface area contributed by atoms with Crippen molar-refractivity contribution in [2.24, 2.45) is 0 Å². The molecular weight excluding hydrogens is 1210 g/mol. The second-order valence-corrected chi connectivity index (χ2v) is 23.7. The van der Waals surface area contributed by atoms with Gasteiger partial charge in [-0.3, -0.25) is 0 Å². The molecule has 0 amide bonds. The quantitative estimate of drug-likeness (QED) is 0.0580. The van der Waals surface area contributed by atoms with E-state index in [1.807, 2.05) is 132 Å². The lowest BCUT2D eigenvalue weighted by molar-refractivity contribution is 0.415. The topological polar surface area (TPSA) is 21.7 Å². The molecule has 2 atom stereocenters. The Morgan fingerprint density at radius 2 is 0.800 bits per heavy atom. The lowest BCUT2D eigenvalue weighted by Crippen LogP contribution is -2.33. The first-order valence-corrected chi connectivity index (χ1v) is 30.8. The molecule has 0 heterocycles. The molecule has 3 aliphatic carbocycles. The Kier molecular flexibility index (Phi) is 15.0. The Labute approximate surface area is 543 Å². The standard InChI is InChI=1S/C84H53F8NO2/c1-3-50-24-34-61(35-25-50)94-63-38-28-56(29-39-63)83(77-73(85)48-75(87)79(89)81(77)91)69-22-10-8-20-65(69)67-42-32-59(46-71(67)83)93(58-19-13-18-55(45-58)54-17-12-16-53(44-54)52-14-6-5-7-15-52)60-33-43-68-66-21-9-11-23-70(66)84(72(68)47-60,78-74(86)49-76(88)80(90)82(78)92)57-30-40-64(41-31-57)95-62-36-26-51(4-2)27-37-62/h3-8,10-20,22-49H,1-2,9,21H2. The first kappa shape index (κ1) is 59.7. The maximum absolute atomic E-state index is 17.5. The molecule has 0 radical (unpaired) electrons. The van der Waals surface area contributed by atoms with Crippen molar-refractivity contribution >= 4 is 34.8 Å². The van der Waals surface area contributed by atoms with Crippen molar-refractivity contribution in [3.63, 3.8) is 0 Å². The highest BCUT2D eigenvalue weighted by atomic mass is 19.2. The molecule has 0 saturated carbocycles. The van der Waals surface area contributed by atoms with Gasteiger partial charge in [0.2, 0.25) is 0 Å². The number of nitrogens with zero attached hydrogens (tertiary/aromatic N) is 1. The zero-order valence-corrected chi connectivity index (χ0v) is 50.6. The number of halogens is 8. The summed E-state index contributed by atoms with van der Waals surface area (Å²) in [6, 6.07) is 72.0. The minimum Gasteiger partial charge on any atom is -0.457 e. The van der Waals surface area contributed by atoms with E-state index in [9.17, 15) is 0 Å². The second-order valence-electron chi connectivity index (χ2n) is 23.7. The van der Waals surface area contributed by atoms with Gasteiger partial charge in [0.05, 0.1) is 10.8 Å². The van der Waals surface area contributed by atoms with Crippen LogP contribution in [0.2, 0.25) is 0 Å². The first-order chi connectivity index (χ1) is 46.3. The van der Waals surface area contributed by atoms with Gasteiger partial charge in [0, 0.05) is 40.3 Å². The summed E-state index contributed by atoms with van der Waals surface area (Å²) in [7, 11) is 0. The Hall–Kier alpha value is -11.6. The first-order valence-electron chi connectivity index (χ1n) is 30.8. The molecule has 0 spiro atoms. The van der Waals surface area contributed by atoms with Crippen molar-refractivity contribution in [1.29, 1.82) is 0 Å². The van der Waals surface area contributed by atoms with Crippen molar-refractivity contribution in [1.82, 2.24) is 0 Å². The minimum absolute atomic E-state index is 0.274. The molecule has 0 N–H and O–H groups in total. The fourth-order valence-corrected chi connectivity index (χ4v) is 14.3. The maximum atomic E-state index is 17.5. The molecule has 3 aliphatic rings. The van der Waals surface area contributed by atoms with Crippen LogP contribution >= 0.6 is 0 Å². The molecule has 11 heteroatoms. The van der Waals surface area contributed by atoms with Crippen LogP contribution in [0.15, 0.2) is 280 Å². The molecule has 95 heavy (non-hydrogen) atoms. The second kappa shape index (κ2) is 23.8. The van der Waals surface area contributed by atoms with E-state index in [0.717, 1.165) is 39.0 Å². The van der Waals surface area contributed by atoms with Crippen LogP contribution in [-0.4, -0.2) is 0 Å². The summed E-state index contributed by atoms with van der Waals surface area (Å²) in [4.78, 5) is 1.90. The molecular formula is C84H53F8NO2. The fraction of sp³-hybridized carbons (Fsp3) is 0.0476. The number of rotatable bonds is 15. The van der Waals surface area contributed by atoms with Gasteiger partial charge in [-0.2, -0.15) is 0 Å². The largest absolute Gasteiger partial charge is 0.457 e. The third kappa shape index (κ3) is 9.87. The SMILES string of the molecule is C=Cc1ccc(Oc2ccc(C3(c4c(F)cc(F)c(F)c4F)C4=C(CCC=C4)c4ccc(N(c5cccc(-c6cccc(-c7ccccc7)c6)c5)c5ccc6c(c5)C(c5ccc(Oc7ccc(C=C)cc7)cc5)(c5c(F)cc(F)c(F)c5F)c5ccccc5-6)cc43)cc2)cc1. The van der Waals surface area contributed by atoms with Crippen molar-refractivity contribution in [3.8, 4) is 56.4 Å². The van der Waals surface area contributed by atoms with E-state index in [1.54, 1.807) is 127 Å². The maximum Gasteiger partial charge on any atom is 0.194 e. The Balaban J connectivity index is 0.980. The van der Waals surface area contributed by atoms with Crippen molar-refractivity contribution in [3.05, 3.63) is 382 Å². The molecule has 0 aromatic heterocycles. The molecule has 12 aromatic rings. The summed E-state index contributed by atoms with van der Waals surface area (Å²) in [6.07, 6.45) is 8.06. The highest BCUT2D eigenvalue weighted by molar-refractivity contribution is 5.93. The summed E-state index contributed by atoms with van der Waals surface area (Å²) < 4.78 is 146. The average Bonchev–Trinajstić information content (AvgIpc) is 1.56. The van der Waals surface area contributed by atoms with E-state index in [2.05, 4.69) is 19.2 Å². The number of fused-ring (bicyclic) bond motifs is 5. The molecule has 462 valence electrons. The molecule has 0 fully saturated rings. The Morgan fingerprint density at radius 3 is 1.37 bits per heavy atom. The van der Waals surface area contributed by atoms with Crippen LogP contribution in [0.1, 0.15) is 68.5 Å². The van der Waals surface area contributed by atoms with Crippen LogP contribution in [0, 0.1) is 46.5 Å². The molecule has 0 bridgehead atoms. The van der Waals surface area contributed by atoms with E-state index < -0.39 is 68.5 Å². The van der Waals surface area contributed by atoms with E-state index >= 15 is 35.1 Å². The number of hydrogen-bond acceptors (Lipinski definition) is 3. The van der Waals surface area contributed by atoms with Gasteiger partial charge < -0.3 is 14.4 Å². The number of benzene rings is 12. The van der Waals surface area contributed by atoms with Crippen molar-refractivity contribution < 1.29 is 44.6 Å². The van der Waals surface area contributed by atoms with E-state index in [4.69, 9.17) is 9.47 Å². The highest BCUT2D eigenvalue weighted by Crippen LogP contribution is 2.62. The summed E-state index contributed by atoms with van der Waals surface area (Å²) in [5.41, 5.74) is 5.45. The van der Waals surface area contributed by atoms with Gasteiger partial charge in [-0.05, 0) is 193 Å². The predicted molar refractivity (Wildman–Crippen MR) is 360 cm³/mol. The number of ether oxygens (including phenoxy) is 2. The Morgan fingerprint density at radius 1 is 0.358 bits per heavy atom. The third-order valence-corrected chi connectivity index (χ3v) is 18.5. The summed E-state index contributed by atoms with van der Waals surface area (Å²) in [5.74, 6) is -11.5. The molecule has 0 saturated heterocycles. The van der Waals surface area contributed by atoms with Gasteiger partial charge in [-0.1, -0.05) is 183 Å². The molecule has 2 unspecified atom stereocenters. The van der Waals surface area contributed by atoms with Gasteiger partial charge in [0.15, 0.2) is 34.9 Å². The van der Waals surface area contributed by atoms with Crippen LogP contribution in [0.5, 0.6) is 23.0 Å². The van der Waals surface area contributed by atoms with E-state index in [0.29, 0.717) is 104 Å². The third-order valence-electron chi connectivity index (χ3n) is 18.5. The normalized spacial score (nSPS) is 15.8. The molecule has 15 rings (SSSR count). The van der Waals surface area contributed by atoms with Gasteiger partial charge in [0.25, 0.3) is 0 Å². The van der Waals surface area contributed by atoms with Crippen LogP contribution in [0.4, 0.5) is 52.2 Å². The summed E-state index contributed by atoms with van der Waals surface area (Å²) in [6.45, 7) is 7.67. The number of allylic oxidation sites excluding steroid dienone is 4. The highest BCUT2D eigenvalue weighted by Gasteiger charge is 2.53. The van der Waals surface area contributed by atoms with Crippen molar-refractivity contribution in [2.75, 3.05) is 4.90 Å². The Bertz CT molecular complexity index is 5140. The minimum atomic E-state index is -2.05. The molecule has 0 aliphatic heterocycles. The van der Waals surface area contributed by atoms with Crippen molar-refractivity contribution in [2.45, 2.75) is 23.7 Å². The van der Waals surface area contributed by atoms with Crippen LogP contribution < -0.4 is 14.4 Å². The monoisotopic (exact) mass is 1260 g/mol.